The largest absolute Gasteiger partial charge is 0.481 e. The van der Waals surface area contributed by atoms with Crippen molar-refractivity contribution in [3.05, 3.63) is 0 Å². The maximum Gasteiger partial charge on any atom is 0.311 e. The van der Waals surface area contributed by atoms with Gasteiger partial charge in [-0.25, -0.2) is 0 Å². The highest BCUT2D eigenvalue weighted by molar-refractivity contribution is 5.87. The topological polar surface area (TPSA) is 74.6 Å². The van der Waals surface area contributed by atoms with E-state index in [0.717, 1.165) is 32.1 Å². The highest BCUT2D eigenvalue weighted by atomic mass is 16.4. The quantitative estimate of drug-likeness (QED) is 0.699. The fourth-order valence-corrected chi connectivity index (χ4v) is 4.73. The number of rotatable bonds is 8. The van der Waals surface area contributed by atoms with Crippen LogP contribution in [-0.4, -0.2) is 22.2 Å². The third-order valence-electron chi connectivity index (χ3n) is 5.79. The molecule has 0 amide bonds. The van der Waals surface area contributed by atoms with Crippen LogP contribution >= 0.6 is 0 Å². The molecular weight excluding hydrogens is 268 g/mol. The molecule has 0 aromatic carbocycles. The Kier molecular flexibility index (Phi) is 6.24. The summed E-state index contributed by atoms with van der Waals surface area (Å²) < 4.78 is 0. The molecule has 2 atom stereocenters. The Morgan fingerprint density at radius 1 is 0.952 bits per heavy atom. The molecule has 1 fully saturated rings. The SMILES string of the molecule is CCCC(CC)(C(=O)O)C(CC)(C(=O)O)C1CCCCC1. The number of hydrogen-bond donors (Lipinski definition) is 2. The average Bonchev–Trinajstić information content (AvgIpc) is 2.47. The first kappa shape index (κ1) is 18.0. The molecule has 0 saturated heterocycles. The van der Waals surface area contributed by atoms with Crippen molar-refractivity contribution >= 4 is 11.9 Å². The molecule has 4 nitrogen and oxygen atoms in total. The maximum atomic E-state index is 12.3. The van der Waals surface area contributed by atoms with Crippen molar-refractivity contribution in [1.29, 1.82) is 0 Å². The molecule has 0 aromatic heterocycles. The summed E-state index contributed by atoms with van der Waals surface area (Å²) in [7, 11) is 0. The average molecular weight is 298 g/mol. The lowest BCUT2D eigenvalue weighted by Crippen LogP contribution is -2.56. The summed E-state index contributed by atoms with van der Waals surface area (Å²) in [4.78, 5) is 24.4. The van der Waals surface area contributed by atoms with E-state index < -0.39 is 22.8 Å². The molecule has 0 spiro atoms. The van der Waals surface area contributed by atoms with Crippen LogP contribution in [0.1, 0.15) is 78.6 Å². The molecule has 0 bridgehead atoms. The van der Waals surface area contributed by atoms with Gasteiger partial charge in [-0.05, 0) is 38.0 Å². The first-order valence-electron chi connectivity index (χ1n) is 8.39. The van der Waals surface area contributed by atoms with Gasteiger partial charge in [0.15, 0.2) is 0 Å². The first-order chi connectivity index (χ1) is 9.92. The van der Waals surface area contributed by atoms with Gasteiger partial charge in [0.25, 0.3) is 0 Å². The van der Waals surface area contributed by atoms with E-state index in [1.165, 1.54) is 0 Å². The van der Waals surface area contributed by atoms with Gasteiger partial charge in [-0.15, -0.1) is 0 Å². The molecule has 1 rings (SSSR count). The predicted octanol–water partition coefficient (Wildman–Crippen LogP) is 4.33. The molecule has 0 radical (unpaired) electrons. The van der Waals surface area contributed by atoms with Crippen LogP contribution in [0.15, 0.2) is 0 Å². The van der Waals surface area contributed by atoms with E-state index in [0.29, 0.717) is 25.7 Å². The van der Waals surface area contributed by atoms with Crippen molar-refractivity contribution in [2.45, 2.75) is 78.6 Å². The van der Waals surface area contributed by atoms with Crippen LogP contribution in [0.5, 0.6) is 0 Å². The molecule has 0 aromatic rings. The van der Waals surface area contributed by atoms with Crippen LogP contribution < -0.4 is 0 Å². The number of hydrogen-bond acceptors (Lipinski definition) is 2. The molecule has 4 heteroatoms. The Bertz CT molecular complexity index is 373. The molecule has 1 aliphatic rings. The van der Waals surface area contributed by atoms with Crippen LogP contribution in [0.2, 0.25) is 0 Å². The van der Waals surface area contributed by atoms with Gasteiger partial charge in [0.05, 0.1) is 10.8 Å². The van der Waals surface area contributed by atoms with Gasteiger partial charge >= 0.3 is 11.9 Å². The standard InChI is InChI=1S/C17H30O4/c1-4-12-16(5-2,14(18)19)17(6-3,15(20)21)13-10-8-7-9-11-13/h13H,4-12H2,1-3H3,(H,18,19)(H,20,21). The van der Waals surface area contributed by atoms with E-state index in [2.05, 4.69) is 0 Å². The zero-order chi connectivity index (χ0) is 16.1. The van der Waals surface area contributed by atoms with Crippen molar-refractivity contribution in [2.24, 2.45) is 16.7 Å². The van der Waals surface area contributed by atoms with E-state index in [1.807, 2.05) is 20.8 Å². The number of carboxylic acids is 2. The number of carboxylic acid groups (broad SMARTS) is 2. The Morgan fingerprint density at radius 3 is 1.86 bits per heavy atom. The van der Waals surface area contributed by atoms with Gasteiger partial charge in [0, 0.05) is 0 Å². The van der Waals surface area contributed by atoms with Crippen LogP contribution in [-0.2, 0) is 9.59 Å². The van der Waals surface area contributed by atoms with Gasteiger partial charge in [0.1, 0.15) is 0 Å². The Morgan fingerprint density at radius 2 is 1.52 bits per heavy atom. The second-order valence-corrected chi connectivity index (χ2v) is 6.46. The van der Waals surface area contributed by atoms with Crippen molar-refractivity contribution < 1.29 is 19.8 Å². The molecule has 1 saturated carbocycles. The normalized spacial score (nSPS) is 22.2. The third-order valence-corrected chi connectivity index (χ3v) is 5.79. The van der Waals surface area contributed by atoms with Crippen LogP contribution in [0, 0.1) is 16.7 Å². The van der Waals surface area contributed by atoms with Crippen molar-refractivity contribution in [2.75, 3.05) is 0 Å². The Balaban J connectivity index is 3.43. The number of carbonyl (C=O) groups is 2. The molecule has 0 aliphatic heterocycles. The van der Waals surface area contributed by atoms with Crippen molar-refractivity contribution in [1.82, 2.24) is 0 Å². The lowest BCUT2D eigenvalue weighted by atomic mass is 9.51. The zero-order valence-electron chi connectivity index (χ0n) is 13.7. The van der Waals surface area contributed by atoms with Crippen molar-refractivity contribution in [3.63, 3.8) is 0 Å². The Hall–Kier alpha value is -1.06. The second-order valence-electron chi connectivity index (χ2n) is 6.46. The van der Waals surface area contributed by atoms with Gasteiger partial charge in [-0.3, -0.25) is 9.59 Å². The lowest BCUT2D eigenvalue weighted by molar-refractivity contribution is -0.185. The van der Waals surface area contributed by atoms with Gasteiger partial charge < -0.3 is 10.2 Å². The molecular formula is C17H30O4. The van der Waals surface area contributed by atoms with E-state index >= 15 is 0 Å². The minimum Gasteiger partial charge on any atom is -0.481 e. The molecule has 0 heterocycles. The summed E-state index contributed by atoms with van der Waals surface area (Å²) in [5, 5.41) is 20.0. The summed E-state index contributed by atoms with van der Waals surface area (Å²) in [5.41, 5.74) is -2.28. The number of aliphatic carboxylic acids is 2. The summed E-state index contributed by atoms with van der Waals surface area (Å²) in [6.45, 7) is 5.63. The van der Waals surface area contributed by atoms with Crippen molar-refractivity contribution in [3.8, 4) is 0 Å². The van der Waals surface area contributed by atoms with E-state index in [-0.39, 0.29) is 5.92 Å². The smallest absolute Gasteiger partial charge is 0.311 e. The van der Waals surface area contributed by atoms with Gasteiger partial charge in [-0.1, -0.05) is 46.5 Å². The fraction of sp³-hybridized carbons (Fsp3) is 0.882. The van der Waals surface area contributed by atoms with E-state index in [4.69, 9.17) is 0 Å². The summed E-state index contributed by atoms with van der Waals surface area (Å²) in [6, 6.07) is 0. The summed E-state index contributed by atoms with van der Waals surface area (Å²) in [6.07, 6.45) is 6.78. The highest BCUT2D eigenvalue weighted by Gasteiger charge is 2.62. The highest BCUT2D eigenvalue weighted by Crippen LogP contribution is 2.56. The van der Waals surface area contributed by atoms with E-state index in [9.17, 15) is 19.8 Å². The van der Waals surface area contributed by atoms with Crippen LogP contribution in [0.3, 0.4) is 0 Å². The zero-order valence-corrected chi connectivity index (χ0v) is 13.7. The van der Waals surface area contributed by atoms with Crippen LogP contribution in [0.25, 0.3) is 0 Å². The van der Waals surface area contributed by atoms with Gasteiger partial charge in [-0.2, -0.15) is 0 Å². The second kappa shape index (κ2) is 7.28. The maximum absolute atomic E-state index is 12.3. The van der Waals surface area contributed by atoms with E-state index in [1.54, 1.807) is 0 Å². The fourth-order valence-electron chi connectivity index (χ4n) is 4.73. The molecule has 2 N–H and O–H groups in total. The molecule has 1 aliphatic carbocycles. The monoisotopic (exact) mass is 298 g/mol. The molecule has 21 heavy (non-hydrogen) atoms. The molecule has 122 valence electrons. The first-order valence-corrected chi connectivity index (χ1v) is 8.39. The summed E-state index contributed by atoms with van der Waals surface area (Å²) >= 11 is 0. The Labute approximate surface area is 127 Å². The minimum atomic E-state index is -1.15. The molecule has 2 unspecified atom stereocenters. The minimum absolute atomic E-state index is 0.0173. The van der Waals surface area contributed by atoms with Crippen LogP contribution in [0.4, 0.5) is 0 Å². The summed E-state index contributed by atoms with van der Waals surface area (Å²) in [5.74, 6) is -1.85. The lowest BCUT2D eigenvalue weighted by Gasteiger charge is -2.50. The predicted molar refractivity (Wildman–Crippen MR) is 82.2 cm³/mol. The third kappa shape index (κ3) is 2.82. The van der Waals surface area contributed by atoms with Gasteiger partial charge in [0.2, 0.25) is 0 Å².